The number of sulfone groups is 1. The number of carbonyl (C=O) groups excluding carboxylic acids is 4. The molecular formula is C61H80FN15O8S2. The first-order valence-electron chi connectivity index (χ1n) is 29.9. The van der Waals surface area contributed by atoms with Crippen molar-refractivity contribution in [3.8, 4) is 5.75 Å². The first-order chi connectivity index (χ1) is 41.3. The third kappa shape index (κ3) is 14.2. The minimum absolute atomic E-state index is 0.0387. The lowest BCUT2D eigenvalue weighted by atomic mass is 10.0. The van der Waals surface area contributed by atoms with Gasteiger partial charge in [0, 0.05) is 143 Å². The number of rotatable bonds is 17. The van der Waals surface area contributed by atoms with E-state index in [1.54, 1.807) is 55.6 Å². The van der Waals surface area contributed by atoms with Gasteiger partial charge in [0.1, 0.15) is 44.9 Å². The number of aromatic amines is 1. The van der Waals surface area contributed by atoms with Gasteiger partial charge in [-0.1, -0.05) is 0 Å². The van der Waals surface area contributed by atoms with Gasteiger partial charge < -0.3 is 34.4 Å². The van der Waals surface area contributed by atoms with Crippen molar-refractivity contribution in [2.24, 2.45) is 0 Å². The summed E-state index contributed by atoms with van der Waals surface area (Å²) in [6, 6.07) is 8.00. The Morgan fingerprint density at radius 1 is 0.828 bits per heavy atom. The summed E-state index contributed by atoms with van der Waals surface area (Å²) in [4.78, 5) is 92.7. The highest BCUT2D eigenvalue weighted by atomic mass is 32.2. The number of H-pyrrole nitrogens is 1. The van der Waals surface area contributed by atoms with Crippen LogP contribution in [0.5, 0.6) is 5.75 Å². The number of halogens is 1. The van der Waals surface area contributed by atoms with E-state index in [0.29, 0.717) is 130 Å². The lowest BCUT2D eigenvalue weighted by Gasteiger charge is -2.48. The molecule has 4 fully saturated rings. The Labute approximate surface area is 511 Å². The van der Waals surface area contributed by atoms with Gasteiger partial charge in [-0.15, -0.1) is 11.3 Å². The molecule has 6 aromatic rings. The number of likely N-dealkylation sites (tertiary alicyclic amines) is 1. The Morgan fingerprint density at radius 3 is 2.24 bits per heavy atom. The Bertz CT molecular complexity index is 3580. The molecule has 3 amide bonds. The molecule has 87 heavy (non-hydrogen) atoms. The molecule has 4 aromatic heterocycles. The molecule has 23 nitrogen and oxygen atoms in total. The number of ketones is 1. The topological polar surface area (TPSA) is 249 Å². The van der Waals surface area contributed by atoms with E-state index in [1.165, 1.54) is 41.9 Å². The van der Waals surface area contributed by atoms with Crippen molar-refractivity contribution in [1.82, 2.24) is 64.5 Å². The third-order valence-electron chi connectivity index (χ3n) is 16.8. The van der Waals surface area contributed by atoms with Gasteiger partial charge in [0.15, 0.2) is 15.7 Å². The number of piperazine rings is 3. The zero-order valence-electron chi connectivity index (χ0n) is 51.4. The zero-order valence-corrected chi connectivity index (χ0v) is 53.0. The molecule has 466 valence electrons. The van der Waals surface area contributed by atoms with Crippen LogP contribution in [0.3, 0.4) is 0 Å². The van der Waals surface area contributed by atoms with Gasteiger partial charge in [-0.05, 0) is 119 Å². The predicted molar refractivity (Wildman–Crippen MR) is 329 cm³/mol. The number of benzene rings is 2. The van der Waals surface area contributed by atoms with Crippen LogP contribution in [0.15, 0.2) is 65.4 Å². The zero-order chi connectivity index (χ0) is 62.1. The molecule has 4 saturated heterocycles. The van der Waals surface area contributed by atoms with Crippen LogP contribution in [0.1, 0.15) is 123 Å². The van der Waals surface area contributed by atoms with Crippen molar-refractivity contribution in [2.75, 3.05) is 102 Å². The number of hydrogen-bond donors (Lipinski definition) is 2. The van der Waals surface area contributed by atoms with Gasteiger partial charge in [0.2, 0.25) is 17.6 Å². The second kappa shape index (κ2) is 25.8. The number of nitrogens with zero attached hydrogens (tertiary/aromatic N) is 13. The number of fused-ring (bicyclic) bond motifs is 1. The van der Waals surface area contributed by atoms with Crippen LogP contribution < -0.4 is 15.0 Å². The first kappa shape index (κ1) is 62.8. The lowest BCUT2D eigenvalue weighted by molar-refractivity contribution is -0.135. The average Bonchev–Trinajstić information content (AvgIpc) is 1.67. The maximum Gasteiger partial charge on any atom is 0.410 e. The van der Waals surface area contributed by atoms with Crippen molar-refractivity contribution in [3.05, 3.63) is 99.4 Å². The standard InChI is InChI=1S/C61H80FN15O8S2/c1-38-31-74(25-24-73(38)33-45-34-77(59(81)85-60(5,6)7)39(2)32-75(45)35-52(78)76-19-11-13-49(76)56-67-48(36-86-56)53(79)42-14-16-44(62)17-15-42)58-63-29-43(30-64-58)57(80)72-22-20-71(21-23-72)18-12-26-84-50-28-47-46(27-51(50)87(82,83)61(8,9)10)55(66-37-65-47)68-54-40(3)41(4)69-70-54/h14-17,27-30,36-39,45,49H,11-13,18-26,31-35H2,1-10H3,(H2,65,66,68,69,70)/t38-,39+,45+,49+/m1/s1. The molecule has 0 aliphatic carbocycles. The summed E-state index contributed by atoms with van der Waals surface area (Å²) < 4.78 is 52.7. The molecule has 4 atom stereocenters. The van der Waals surface area contributed by atoms with Crippen LogP contribution in [0.4, 0.5) is 26.8 Å². The summed E-state index contributed by atoms with van der Waals surface area (Å²) in [5, 5.41) is 13.4. The third-order valence-corrected chi connectivity index (χ3v) is 20.3. The molecule has 10 rings (SSSR count). The average molecular weight is 1230 g/mol. The molecule has 0 saturated carbocycles. The minimum Gasteiger partial charge on any atom is -0.492 e. The minimum atomic E-state index is -3.86. The summed E-state index contributed by atoms with van der Waals surface area (Å²) in [7, 11) is -3.86. The molecule has 0 radical (unpaired) electrons. The number of nitrogens with one attached hydrogen (secondary N) is 2. The number of aromatic nitrogens is 7. The fourth-order valence-electron chi connectivity index (χ4n) is 11.6. The highest BCUT2D eigenvalue weighted by Gasteiger charge is 2.42. The summed E-state index contributed by atoms with van der Waals surface area (Å²) in [6.45, 7) is 25.9. The van der Waals surface area contributed by atoms with Gasteiger partial charge in [0.05, 0.1) is 35.0 Å². The summed E-state index contributed by atoms with van der Waals surface area (Å²) in [5.74, 6) is 0.871. The van der Waals surface area contributed by atoms with Crippen molar-refractivity contribution in [3.63, 3.8) is 0 Å². The molecule has 0 bridgehead atoms. The number of thiazole rings is 1. The number of ether oxygens (including phenoxy) is 2. The summed E-state index contributed by atoms with van der Waals surface area (Å²) in [5.41, 5.74) is 2.68. The molecule has 8 heterocycles. The maximum absolute atomic E-state index is 14.4. The van der Waals surface area contributed by atoms with Gasteiger partial charge in [-0.25, -0.2) is 42.5 Å². The van der Waals surface area contributed by atoms with Crippen molar-refractivity contribution >= 4 is 73.4 Å². The first-order valence-corrected chi connectivity index (χ1v) is 32.2. The van der Waals surface area contributed by atoms with Crippen molar-refractivity contribution < 1.29 is 41.5 Å². The van der Waals surface area contributed by atoms with Crippen molar-refractivity contribution in [2.45, 2.75) is 128 Å². The lowest BCUT2D eigenvalue weighted by Crippen LogP contribution is -2.65. The van der Waals surface area contributed by atoms with Crippen molar-refractivity contribution in [1.29, 1.82) is 0 Å². The molecule has 2 N–H and O–H groups in total. The Kier molecular flexibility index (Phi) is 18.6. The Balaban J connectivity index is 0.718. The Hall–Kier alpha value is -7.26. The van der Waals surface area contributed by atoms with E-state index in [9.17, 15) is 32.0 Å². The van der Waals surface area contributed by atoms with Crippen LogP contribution in [0, 0.1) is 19.7 Å². The van der Waals surface area contributed by atoms with Crippen LogP contribution in [0.25, 0.3) is 10.9 Å². The largest absolute Gasteiger partial charge is 0.492 e. The number of carbonyl (C=O) groups is 4. The second-order valence-electron chi connectivity index (χ2n) is 25.2. The predicted octanol–water partition coefficient (Wildman–Crippen LogP) is 7.31. The summed E-state index contributed by atoms with van der Waals surface area (Å²) >= 11 is 1.35. The number of hydrogen-bond acceptors (Lipinski definition) is 20. The monoisotopic (exact) mass is 1230 g/mol. The quantitative estimate of drug-likeness (QED) is 0.0671. The molecular weight excluding hydrogens is 1150 g/mol. The van der Waals surface area contributed by atoms with E-state index < -0.39 is 26.0 Å². The molecule has 0 unspecified atom stereocenters. The normalized spacial score (nSPS) is 20.3. The maximum atomic E-state index is 14.4. The second-order valence-corrected chi connectivity index (χ2v) is 28.8. The number of anilines is 3. The number of amides is 3. The molecule has 2 aromatic carbocycles. The van der Waals surface area contributed by atoms with Crippen LogP contribution in [-0.4, -0.2) is 217 Å². The van der Waals surface area contributed by atoms with E-state index in [4.69, 9.17) is 24.4 Å². The van der Waals surface area contributed by atoms with E-state index in [-0.39, 0.29) is 77.3 Å². The van der Waals surface area contributed by atoms with Gasteiger partial charge in [-0.2, -0.15) is 5.10 Å². The van der Waals surface area contributed by atoms with Gasteiger partial charge in [0.25, 0.3) is 5.91 Å². The molecule has 4 aliphatic rings. The van der Waals surface area contributed by atoms with E-state index in [0.717, 1.165) is 24.1 Å². The van der Waals surface area contributed by atoms with Gasteiger partial charge in [-0.3, -0.25) is 34.2 Å². The smallest absolute Gasteiger partial charge is 0.410 e. The van der Waals surface area contributed by atoms with E-state index >= 15 is 0 Å². The SMILES string of the molecule is Cc1[nH]nc(Nc2ncnc3cc(OCCCN4CCN(C(=O)c5cnc(N6CCN(C[C@H]7CN(C(=O)OC(C)(C)C)[C@@H](C)CN7CC(=O)N7CCC[C@H]7c7nc(C(=O)c8ccc(F)cc8)cs7)[C@H](C)C6)nc5)CC4)c(S(=O)(=O)C(C)(C)C)cc23)c1C. The highest BCUT2D eigenvalue weighted by molar-refractivity contribution is 7.92. The molecule has 4 aliphatic heterocycles. The molecule has 0 spiro atoms. The van der Waals surface area contributed by atoms with Crippen LogP contribution in [-0.2, 0) is 19.4 Å². The van der Waals surface area contributed by atoms with E-state index in [1.807, 2.05) is 51.3 Å². The van der Waals surface area contributed by atoms with Crippen LogP contribution >= 0.6 is 11.3 Å². The number of aryl methyl sites for hydroxylation is 1. The summed E-state index contributed by atoms with van der Waals surface area (Å²) in [6.07, 6.45) is 6.38. The van der Waals surface area contributed by atoms with Crippen LogP contribution in [0.2, 0.25) is 0 Å². The fourth-order valence-corrected chi connectivity index (χ4v) is 13.9. The fraction of sp³-hybridized carbons (Fsp3) is 0.541. The Morgan fingerprint density at radius 2 is 1.56 bits per heavy atom. The van der Waals surface area contributed by atoms with Gasteiger partial charge >= 0.3 is 6.09 Å². The highest BCUT2D eigenvalue weighted by Crippen LogP contribution is 2.38. The molecule has 26 heteroatoms. The van der Waals surface area contributed by atoms with E-state index in [2.05, 4.69) is 52.0 Å².